The number of aryl methyl sites for hydroxylation is 1. The molecule has 3 aromatic rings. The van der Waals surface area contributed by atoms with Crippen LogP contribution in [0.5, 0.6) is 5.75 Å². The summed E-state index contributed by atoms with van der Waals surface area (Å²) in [5, 5.41) is 6.50. The van der Waals surface area contributed by atoms with Crippen molar-refractivity contribution in [3.8, 4) is 16.9 Å². The Morgan fingerprint density at radius 2 is 2.19 bits per heavy atom. The zero-order valence-corrected chi connectivity index (χ0v) is 16.3. The van der Waals surface area contributed by atoms with E-state index in [1.165, 1.54) is 0 Å². The summed E-state index contributed by atoms with van der Waals surface area (Å²) in [6.45, 7) is 2.38. The van der Waals surface area contributed by atoms with E-state index in [1.54, 1.807) is 23.7 Å². The van der Waals surface area contributed by atoms with Crippen LogP contribution in [0.25, 0.3) is 11.1 Å². The summed E-state index contributed by atoms with van der Waals surface area (Å²) in [5.74, 6) is 0.784. The van der Waals surface area contributed by atoms with Crippen molar-refractivity contribution in [1.82, 2.24) is 15.3 Å². The standard InChI is InChI=1S/C20H18ClN3O2S/c1-12-24-16(11-27-12)9-19(25)23-10-17-7-14-6-15(21)8-18(20(14)26-17)13-2-4-22-5-3-13/h2-6,8,11,17H,7,9-10H2,1H3,(H,23,25). The van der Waals surface area contributed by atoms with Crippen molar-refractivity contribution in [1.29, 1.82) is 0 Å². The summed E-state index contributed by atoms with van der Waals surface area (Å²) in [4.78, 5) is 20.5. The minimum absolute atomic E-state index is 0.0488. The highest BCUT2D eigenvalue weighted by Gasteiger charge is 2.27. The van der Waals surface area contributed by atoms with E-state index in [1.807, 2.05) is 36.6 Å². The van der Waals surface area contributed by atoms with Crippen molar-refractivity contribution in [3.05, 3.63) is 63.3 Å². The second-order valence-electron chi connectivity index (χ2n) is 6.46. The first-order valence-electron chi connectivity index (χ1n) is 8.65. The number of nitrogens with one attached hydrogen (secondary N) is 1. The van der Waals surface area contributed by atoms with E-state index in [4.69, 9.17) is 16.3 Å². The van der Waals surface area contributed by atoms with Gasteiger partial charge < -0.3 is 10.1 Å². The fourth-order valence-electron chi connectivity index (χ4n) is 3.20. The van der Waals surface area contributed by atoms with Crippen molar-refractivity contribution in [3.63, 3.8) is 0 Å². The monoisotopic (exact) mass is 399 g/mol. The molecule has 5 nitrogen and oxygen atoms in total. The molecule has 27 heavy (non-hydrogen) atoms. The molecule has 0 radical (unpaired) electrons. The van der Waals surface area contributed by atoms with Crippen LogP contribution in [-0.4, -0.2) is 28.5 Å². The van der Waals surface area contributed by atoms with Crippen molar-refractivity contribution >= 4 is 28.8 Å². The zero-order chi connectivity index (χ0) is 18.8. The minimum Gasteiger partial charge on any atom is -0.487 e. The summed E-state index contributed by atoms with van der Waals surface area (Å²) < 4.78 is 6.14. The number of hydrogen-bond donors (Lipinski definition) is 1. The molecule has 0 aliphatic carbocycles. The summed E-state index contributed by atoms with van der Waals surface area (Å²) >= 11 is 7.85. The molecule has 4 rings (SSSR count). The normalized spacial score (nSPS) is 15.3. The van der Waals surface area contributed by atoms with Crippen LogP contribution in [0.1, 0.15) is 16.3 Å². The molecule has 0 spiro atoms. The Morgan fingerprint density at radius 1 is 1.37 bits per heavy atom. The summed E-state index contributed by atoms with van der Waals surface area (Å²) in [6.07, 6.45) is 4.38. The lowest BCUT2D eigenvalue weighted by molar-refractivity contribution is -0.120. The Balaban J connectivity index is 1.43. The number of carbonyl (C=O) groups excluding carboxylic acids is 1. The van der Waals surface area contributed by atoms with Gasteiger partial charge in [-0.2, -0.15) is 0 Å². The number of pyridine rings is 1. The third-order valence-corrected chi connectivity index (χ3v) is 5.43. The first-order valence-corrected chi connectivity index (χ1v) is 9.91. The number of aromatic nitrogens is 2. The Hall–Kier alpha value is -2.44. The van der Waals surface area contributed by atoms with Gasteiger partial charge in [0.25, 0.3) is 0 Å². The van der Waals surface area contributed by atoms with Gasteiger partial charge in [0.1, 0.15) is 11.9 Å². The van der Waals surface area contributed by atoms with E-state index < -0.39 is 0 Å². The molecule has 1 atom stereocenters. The Labute approximate surface area is 166 Å². The molecule has 1 amide bonds. The van der Waals surface area contributed by atoms with E-state index in [2.05, 4.69) is 15.3 Å². The molecule has 0 bridgehead atoms. The van der Waals surface area contributed by atoms with Crippen LogP contribution in [0.4, 0.5) is 0 Å². The van der Waals surface area contributed by atoms with E-state index in [0.29, 0.717) is 18.0 Å². The smallest absolute Gasteiger partial charge is 0.226 e. The first-order chi connectivity index (χ1) is 13.1. The summed E-state index contributed by atoms with van der Waals surface area (Å²) in [5.41, 5.74) is 3.82. The lowest BCUT2D eigenvalue weighted by atomic mass is 10.0. The predicted octanol–water partition coefficient (Wildman–Crippen LogP) is 3.83. The maximum atomic E-state index is 12.2. The minimum atomic E-state index is -0.111. The van der Waals surface area contributed by atoms with Gasteiger partial charge in [0.05, 0.1) is 23.7 Å². The van der Waals surface area contributed by atoms with Crippen molar-refractivity contribution in [2.45, 2.75) is 25.9 Å². The Morgan fingerprint density at radius 3 is 2.93 bits per heavy atom. The maximum Gasteiger partial charge on any atom is 0.226 e. The number of carbonyl (C=O) groups is 1. The molecule has 1 aliphatic rings. The van der Waals surface area contributed by atoms with E-state index in [0.717, 1.165) is 33.1 Å². The molecule has 1 aromatic carbocycles. The highest BCUT2D eigenvalue weighted by Crippen LogP contribution is 2.40. The SMILES string of the molecule is Cc1nc(CC(=O)NCC2Cc3cc(Cl)cc(-c4ccncc4)c3O2)cs1. The number of amides is 1. The number of rotatable bonds is 5. The largest absolute Gasteiger partial charge is 0.487 e. The van der Waals surface area contributed by atoms with Crippen molar-refractivity contribution in [2.75, 3.05) is 6.54 Å². The van der Waals surface area contributed by atoms with Crippen LogP contribution < -0.4 is 10.1 Å². The molecule has 1 N–H and O–H groups in total. The van der Waals surface area contributed by atoms with E-state index >= 15 is 0 Å². The number of benzene rings is 1. The highest BCUT2D eigenvalue weighted by atomic mass is 35.5. The summed E-state index contributed by atoms with van der Waals surface area (Å²) in [6, 6.07) is 7.70. The molecule has 3 heterocycles. The van der Waals surface area contributed by atoms with E-state index in [9.17, 15) is 4.79 Å². The maximum absolute atomic E-state index is 12.2. The molecule has 7 heteroatoms. The lowest BCUT2D eigenvalue weighted by Crippen LogP contribution is -2.35. The number of halogens is 1. The molecule has 1 unspecified atom stereocenters. The number of thiazole rings is 1. The van der Waals surface area contributed by atoms with Crippen LogP contribution in [0.2, 0.25) is 5.02 Å². The molecule has 0 saturated heterocycles. The van der Waals surface area contributed by atoms with Crippen LogP contribution in [0.15, 0.2) is 42.0 Å². The van der Waals surface area contributed by atoms with E-state index in [-0.39, 0.29) is 18.4 Å². The third-order valence-electron chi connectivity index (χ3n) is 4.39. The Bertz CT molecular complexity index is 975. The van der Waals surface area contributed by atoms with Gasteiger partial charge in [0.15, 0.2) is 0 Å². The van der Waals surface area contributed by atoms with Gasteiger partial charge in [0, 0.05) is 40.3 Å². The van der Waals surface area contributed by atoms with Crippen LogP contribution in [0, 0.1) is 6.92 Å². The van der Waals surface area contributed by atoms with Gasteiger partial charge in [-0.3, -0.25) is 9.78 Å². The first kappa shape index (κ1) is 17.9. The molecule has 138 valence electrons. The Kier molecular flexibility index (Phi) is 5.09. The average Bonchev–Trinajstić information content (AvgIpc) is 3.25. The molecule has 2 aromatic heterocycles. The van der Waals surface area contributed by atoms with Gasteiger partial charge >= 0.3 is 0 Å². The fourth-order valence-corrected chi connectivity index (χ4v) is 4.05. The van der Waals surface area contributed by atoms with Crippen LogP contribution in [-0.2, 0) is 17.6 Å². The van der Waals surface area contributed by atoms with Gasteiger partial charge in [-0.1, -0.05) is 11.6 Å². The molecule has 0 saturated carbocycles. The average molecular weight is 400 g/mol. The second kappa shape index (κ2) is 7.66. The third kappa shape index (κ3) is 4.12. The van der Waals surface area contributed by atoms with Crippen LogP contribution >= 0.6 is 22.9 Å². The molecular formula is C20H18ClN3O2S. The molecule has 0 fully saturated rings. The topological polar surface area (TPSA) is 64.1 Å². The molecule has 1 aliphatic heterocycles. The number of nitrogens with zero attached hydrogens (tertiary/aromatic N) is 2. The number of fused-ring (bicyclic) bond motifs is 1. The lowest BCUT2D eigenvalue weighted by Gasteiger charge is -2.13. The number of ether oxygens (including phenoxy) is 1. The fraction of sp³-hybridized carbons (Fsp3) is 0.250. The van der Waals surface area contributed by atoms with Gasteiger partial charge in [-0.25, -0.2) is 4.98 Å². The number of hydrogen-bond acceptors (Lipinski definition) is 5. The van der Waals surface area contributed by atoms with Gasteiger partial charge in [-0.05, 0) is 36.8 Å². The second-order valence-corrected chi connectivity index (χ2v) is 7.96. The summed E-state index contributed by atoms with van der Waals surface area (Å²) in [7, 11) is 0. The van der Waals surface area contributed by atoms with Gasteiger partial charge in [0.2, 0.25) is 5.91 Å². The van der Waals surface area contributed by atoms with Crippen LogP contribution in [0.3, 0.4) is 0 Å². The quantitative estimate of drug-likeness (QED) is 0.708. The highest BCUT2D eigenvalue weighted by molar-refractivity contribution is 7.09. The van der Waals surface area contributed by atoms with Crippen molar-refractivity contribution in [2.24, 2.45) is 0 Å². The van der Waals surface area contributed by atoms with Gasteiger partial charge in [-0.15, -0.1) is 11.3 Å². The predicted molar refractivity (Wildman–Crippen MR) is 106 cm³/mol. The van der Waals surface area contributed by atoms with Crippen molar-refractivity contribution < 1.29 is 9.53 Å². The molecular weight excluding hydrogens is 382 g/mol. The zero-order valence-electron chi connectivity index (χ0n) is 14.7.